The Morgan fingerprint density at radius 2 is 1.94 bits per heavy atom. The minimum atomic E-state index is -0.548. The Hall–Kier alpha value is -3.61. The zero-order valence-electron chi connectivity index (χ0n) is 17.1. The minimum Gasteiger partial charge on any atom is -0.496 e. The van der Waals surface area contributed by atoms with Crippen molar-refractivity contribution in [2.45, 2.75) is 30.8 Å². The van der Waals surface area contributed by atoms with E-state index in [2.05, 4.69) is 10.3 Å². The topological polar surface area (TPSA) is 86.2 Å². The first-order valence-electron chi connectivity index (χ1n) is 10.2. The zero-order chi connectivity index (χ0) is 21.4. The van der Waals surface area contributed by atoms with E-state index in [9.17, 15) is 9.59 Å². The molecule has 7 heteroatoms. The molecule has 0 bridgehead atoms. The lowest BCUT2D eigenvalue weighted by Gasteiger charge is -2.21. The Kier molecular flexibility index (Phi) is 4.73. The summed E-state index contributed by atoms with van der Waals surface area (Å²) in [5.74, 6) is 1.70. The van der Waals surface area contributed by atoms with Crippen LogP contribution in [0, 0.1) is 0 Å². The molecule has 1 atom stereocenters. The van der Waals surface area contributed by atoms with Crippen molar-refractivity contribution in [2.24, 2.45) is 4.99 Å². The summed E-state index contributed by atoms with van der Waals surface area (Å²) >= 11 is 0. The van der Waals surface area contributed by atoms with Crippen molar-refractivity contribution in [3.05, 3.63) is 65.2 Å². The van der Waals surface area contributed by atoms with Crippen molar-refractivity contribution >= 4 is 17.9 Å². The monoisotopic (exact) mass is 418 g/mol. The van der Waals surface area contributed by atoms with Crippen LogP contribution in [0.4, 0.5) is 0 Å². The summed E-state index contributed by atoms with van der Waals surface area (Å²) in [4.78, 5) is 30.3. The van der Waals surface area contributed by atoms with E-state index < -0.39 is 11.6 Å². The molecule has 1 saturated carbocycles. The number of hydrogen-bond donors (Lipinski definition) is 1. The van der Waals surface area contributed by atoms with Gasteiger partial charge in [-0.25, -0.2) is 0 Å². The van der Waals surface area contributed by atoms with Crippen molar-refractivity contribution in [1.29, 1.82) is 0 Å². The lowest BCUT2D eigenvalue weighted by molar-refractivity contribution is -0.124. The van der Waals surface area contributed by atoms with Gasteiger partial charge in [0.25, 0.3) is 0 Å². The molecule has 2 aliphatic heterocycles. The number of ether oxygens (including phenoxy) is 3. The van der Waals surface area contributed by atoms with E-state index in [1.54, 1.807) is 18.2 Å². The SMILES string of the molecule is COc1ccccc1C(=O)C1=CCC(NC(=O)C2(c3ccc4c(c3)OCO4)CC2)N=C1. The average molecular weight is 418 g/mol. The van der Waals surface area contributed by atoms with Crippen molar-refractivity contribution < 1.29 is 23.8 Å². The number of aliphatic imine (C=N–C) groups is 1. The lowest BCUT2D eigenvalue weighted by atomic mass is 9.94. The second-order valence-corrected chi connectivity index (χ2v) is 7.84. The second kappa shape index (κ2) is 7.58. The first-order valence-corrected chi connectivity index (χ1v) is 10.2. The minimum absolute atomic E-state index is 0.0542. The largest absolute Gasteiger partial charge is 0.496 e. The molecule has 31 heavy (non-hydrogen) atoms. The van der Waals surface area contributed by atoms with Crippen LogP contribution in [0.25, 0.3) is 0 Å². The van der Waals surface area contributed by atoms with E-state index in [1.165, 1.54) is 13.3 Å². The number of para-hydroxylation sites is 1. The molecule has 1 unspecified atom stereocenters. The molecule has 0 radical (unpaired) electrons. The quantitative estimate of drug-likeness (QED) is 0.729. The predicted molar refractivity (Wildman–Crippen MR) is 114 cm³/mol. The Balaban J connectivity index is 1.25. The molecule has 0 aromatic heterocycles. The third-order valence-corrected chi connectivity index (χ3v) is 5.98. The van der Waals surface area contributed by atoms with Crippen LogP contribution >= 0.6 is 0 Å². The van der Waals surface area contributed by atoms with Crippen molar-refractivity contribution in [3.63, 3.8) is 0 Å². The van der Waals surface area contributed by atoms with Gasteiger partial charge in [0.15, 0.2) is 17.3 Å². The van der Waals surface area contributed by atoms with Crippen LogP contribution in [0.3, 0.4) is 0 Å². The molecule has 7 nitrogen and oxygen atoms in total. The van der Waals surface area contributed by atoms with Crippen LogP contribution in [0.15, 0.2) is 59.1 Å². The summed E-state index contributed by atoms with van der Waals surface area (Å²) < 4.78 is 16.1. The summed E-state index contributed by atoms with van der Waals surface area (Å²) in [5, 5.41) is 3.02. The van der Waals surface area contributed by atoms with Gasteiger partial charge in [-0.1, -0.05) is 24.3 Å². The van der Waals surface area contributed by atoms with E-state index >= 15 is 0 Å². The molecule has 2 aromatic rings. The number of amides is 1. The highest BCUT2D eigenvalue weighted by atomic mass is 16.7. The lowest BCUT2D eigenvalue weighted by Crippen LogP contribution is -2.41. The van der Waals surface area contributed by atoms with Crippen LogP contribution in [0.1, 0.15) is 35.2 Å². The molecule has 1 aliphatic carbocycles. The number of hydrogen-bond acceptors (Lipinski definition) is 6. The first-order chi connectivity index (χ1) is 15.1. The Bertz CT molecular complexity index is 1120. The van der Waals surface area contributed by atoms with E-state index in [0.717, 1.165) is 18.4 Å². The maximum absolute atomic E-state index is 13.1. The van der Waals surface area contributed by atoms with Crippen LogP contribution < -0.4 is 19.5 Å². The average Bonchev–Trinajstić information content (AvgIpc) is 3.50. The number of rotatable bonds is 6. The van der Waals surface area contributed by atoms with Gasteiger partial charge in [0.05, 0.1) is 18.1 Å². The first kappa shape index (κ1) is 19.4. The second-order valence-electron chi connectivity index (χ2n) is 7.84. The molecule has 158 valence electrons. The van der Waals surface area contributed by atoms with Crippen molar-refractivity contribution in [2.75, 3.05) is 13.9 Å². The number of carbonyl (C=O) groups excluding carboxylic acids is 2. The summed E-state index contributed by atoms with van der Waals surface area (Å²) in [5.41, 5.74) is 1.36. The molecule has 2 heterocycles. The van der Waals surface area contributed by atoms with Gasteiger partial charge >= 0.3 is 0 Å². The molecule has 1 N–H and O–H groups in total. The Morgan fingerprint density at radius 3 is 2.68 bits per heavy atom. The number of ketones is 1. The molecule has 5 rings (SSSR count). The van der Waals surface area contributed by atoms with E-state index in [1.807, 2.05) is 30.3 Å². The van der Waals surface area contributed by atoms with Gasteiger partial charge in [0.1, 0.15) is 11.9 Å². The third kappa shape index (κ3) is 3.46. The highest BCUT2D eigenvalue weighted by molar-refractivity contribution is 6.22. The van der Waals surface area contributed by atoms with Crippen molar-refractivity contribution in [3.8, 4) is 17.2 Å². The molecule has 0 spiro atoms. The number of benzene rings is 2. The third-order valence-electron chi connectivity index (χ3n) is 5.98. The zero-order valence-corrected chi connectivity index (χ0v) is 17.1. The number of nitrogens with zero attached hydrogens (tertiary/aromatic N) is 1. The molecular formula is C24H22N2O5. The standard InChI is InChI=1S/C24H22N2O5/c1-29-18-5-3-2-4-17(18)22(27)15-6-9-21(25-13-15)26-23(28)24(10-11-24)16-7-8-19-20(12-16)31-14-30-19/h2-8,12-13,21H,9-11,14H2,1H3,(H,26,28). The number of Topliss-reactive ketones (excluding diaryl/α,β-unsaturated/α-hetero) is 1. The van der Waals surface area contributed by atoms with Gasteiger partial charge in [-0.05, 0) is 42.7 Å². The van der Waals surface area contributed by atoms with Crippen LogP contribution in [0.2, 0.25) is 0 Å². The predicted octanol–water partition coefficient (Wildman–Crippen LogP) is 3.18. The Morgan fingerprint density at radius 1 is 1.13 bits per heavy atom. The Labute approximate surface area is 179 Å². The fourth-order valence-corrected chi connectivity index (χ4v) is 4.01. The van der Waals surface area contributed by atoms with E-state index in [-0.39, 0.29) is 18.5 Å². The van der Waals surface area contributed by atoms with E-state index in [0.29, 0.717) is 34.8 Å². The van der Waals surface area contributed by atoms with Gasteiger partial charge in [-0.3, -0.25) is 14.6 Å². The number of nitrogens with one attached hydrogen (secondary N) is 1. The highest BCUT2D eigenvalue weighted by Crippen LogP contribution is 2.50. The van der Waals surface area contributed by atoms with Gasteiger partial charge in [0, 0.05) is 18.2 Å². The smallest absolute Gasteiger partial charge is 0.232 e. The fourth-order valence-electron chi connectivity index (χ4n) is 4.01. The molecule has 1 fully saturated rings. The van der Waals surface area contributed by atoms with Crippen LogP contribution in [0.5, 0.6) is 17.2 Å². The number of allylic oxidation sites excluding steroid dienone is 1. The number of methoxy groups -OCH3 is 1. The number of dihydropyridines is 1. The van der Waals surface area contributed by atoms with Gasteiger partial charge in [-0.15, -0.1) is 0 Å². The number of carbonyl (C=O) groups is 2. The summed E-state index contributed by atoms with van der Waals surface area (Å²) in [6.45, 7) is 0.205. The maximum atomic E-state index is 13.1. The molecule has 0 saturated heterocycles. The summed E-state index contributed by atoms with van der Waals surface area (Å²) in [6.07, 6.45) is 4.96. The van der Waals surface area contributed by atoms with Gasteiger partial charge in [-0.2, -0.15) is 0 Å². The molecule has 3 aliphatic rings. The van der Waals surface area contributed by atoms with Crippen LogP contribution in [-0.4, -0.2) is 38.0 Å². The van der Waals surface area contributed by atoms with Crippen LogP contribution in [-0.2, 0) is 10.2 Å². The summed E-state index contributed by atoms with van der Waals surface area (Å²) in [7, 11) is 1.54. The highest BCUT2D eigenvalue weighted by Gasteiger charge is 2.52. The van der Waals surface area contributed by atoms with E-state index in [4.69, 9.17) is 14.2 Å². The number of fused-ring (bicyclic) bond motifs is 1. The molecule has 1 amide bonds. The normalized spacial score (nSPS) is 20.0. The molecular weight excluding hydrogens is 396 g/mol. The van der Waals surface area contributed by atoms with Gasteiger partial charge < -0.3 is 19.5 Å². The summed E-state index contributed by atoms with van der Waals surface area (Å²) in [6, 6.07) is 12.8. The fraction of sp³-hybridized carbons (Fsp3) is 0.292. The maximum Gasteiger partial charge on any atom is 0.232 e. The van der Waals surface area contributed by atoms with Crippen molar-refractivity contribution in [1.82, 2.24) is 5.32 Å². The molecule has 2 aromatic carbocycles. The van der Waals surface area contributed by atoms with Gasteiger partial charge in [0.2, 0.25) is 12.7 Å².